The molecule has 0 aliphatic rings. The maximum absolute atomic E-state index is 2.27. The molecular weight excluding hydrogens is 228 g/mol. The third kappa shape index (κ3) is 1.58. The molecule has 0 spiro atoms. The van der Waals surface area contributed by atoms with Gasteiger partial charge in [-0.15, -0.1) is 11.3 Å². The van der Waals surface area contributed by atoms with E-state index in [-0.39, 0.29) is 0 Å². The van der Waals surface area contributed by atoms with Crippen molar-refractivity contribution in [1.29, 1.82) is 0 Å². The van der Waals surface area contributed by atoms with Crippen molar-refractivity contribution in [3.05, 3.63) is 36.5 Å². The van der Waals surface area contributed by atoms with Crippen LogP contribution >= 0.6 is 11.3 Å². The Morgan fingerprint density at radius 1 is 1.12 bits per heavy atom. The van der Waals surface area contributed by atoms with Crippen LogP contribution in [0.15, 0.2) is 36.5 Å². The number of thiophene rings is 1. The van der Waals surface area contributed by atoms with Crippen LogP contribution in [-0.2, 0) is 7.05 Å². The highest BCUT2D eigenvalue weighted by Crippen LogP contribution is 2.33. The van der Waals surface area contributed by atoms with Crippen LogP contribution in [0.25, 0.3) is 20.3 Å². The van der Waals surface area contributed by atoms with Gasteiger partial charge >= 0.3 is 0 Å². The summed E-state index contributed by atoms with van der Waals surface area (Å²) < 4.78 is 4.90. The Balaban J connectivity index is 2.44. The molecule has 0 amide bonds. The van der Waals surface area contributed by atoms with Gasteiger partial charge < -0.3 is 4.90 Å². The van der Waals surface area contributed by atoms with Crippen LogP contribution in [0.5, 0.6) is 0 Å². The third-order valence-electron chi connectivity index (χ3n) is 3.10. The Kier molecular flexibility index (Phi) is 2.30. The van der Waals surface area contributed by atoms with E-state index in [4.69, 9.17) is 0 Å². The topological polar surface area (TPSA) is 7.12 Å². The van der Waals surface area contributed by atoms with Gasteiger partial charge in [-0.3, -0.25) is 0 Å². The van der Waals surface area contributed by atoms with Gasteiger partial charge in [0.25, 0.3) is 0 Å². The molecule has 3 heteroatoms. The summed E-state index contributed by atoms with van der Waals surface area (Å²) in [6, 6.07) is 11.0. The van der Waals surface area contributed by atoms with Crippen molar-refractivity contribution in [1.82, 2.24) is 0 Å². The number of hydrogen-bond acceptors (Lipinski definition) is 2. The predicted octanol–water partition coefficient (Wildman–Crippen LogP) is 2.95. The highest BCUT2D eigenvalue weighted by Gasteiger charge is 2.13. The molecule has 86 valence electrons. The second-order valence-corrected chi connectivity index (χ2v) is 5.59. The first kappa shape index (κ1) is 10.5. The van der Waals surface area contributed by atoms with E-state index >= 15 is 0 Å². The Labute approximate surface area is 105 Å². The number of aryl methyl sites for hydroxylation is 1. The summed E-state index contributed by atoms with van der Waals surface area (Å²) in [5, 5.41) is 1.35. The van der Waals surface area contributed by atoms with Gasteiger partial charge in [0.05, 0.1) is 5.39 Å². The smallest absolute Gasteiger partial charge is 0.231 e. The van der Waals surface area contributed by atoms with Crippen molar-refractivity contribution < 1.29 is 4.57 Å². The molecule has 0 N–H and O–H groups in total. The summed E-state index contributed by atoms with van der Waals surface area (Å²) in [5.74, 6) is 0. The molecule has 2 heterocycles. The first-order valence-corrected chi connectivity index (χ1v) is 6.47. The molecule has 1 aromatic carbocycles. The van der Waals surface area contributed by atoms with E-state index in [9.17, 15) is 0 Å². The number of fused-ring (bicyclic) bond motifs is 3. The minimum Gasteiger partial charge on any atom is -0.378 e. The summed E-state index contributed by atoms with van der Waals surface area (Å²) in [5.41, 5.74) is 2.58. The lowest BCUT2D eigenvalue weighted by Gasteiger charge is -2.11. The Morgan fingerprint density at radius 2 is 1.94 bits per heavy atom. The van der Waals surface area contributed by atoms with Crippen molar-refractivity contribution in [2.75, 3.05) is 19.0 Å². The molecule has 0 aliphatic carbocycles. The van der Waals surface area contributed by atoms with Crippen LogP contribution in [0, 0.1) is 0 Å². The average molecular weight is 243 g/mol. The van der Waals surface area contributed by atoms with E-state index in [0.717, 1.165) is 0 Å². The van der Waals surface area contributed by atoms with Crippen LogP contribution in [0.1, 0.15) is 0 Å². The van der Waals surface area contributed by atoms with Gasteiger partial charge in [-0.05, 0) is 24.3 Å². The van der Waals surface area contributed by atoms with Gasteiger partial charge in [-0.1, -0.05) is 0 Å². The van der Waals surface area contributed by atoms with Gasteiger partial charge in [0.15, 0.2) is 6.20 Å². The fourth-order valence-corrected chi connectivity index (χ4v) is 3.32. The number of nitrogens with zero attached hydrogens (tertiary/aromatic N) is 2. The normalized spacial score (nSPS) is 11.2. The van der Waals surface area contributed by atoms with Crippen molar-refractivity contribution in [2.24, 2.45) is 7.05 Å². The third-order valence-corrected chi connectivity index (χ3v) is 4.22. The Hall–Kier alpha value is -1.61. The average Bonchev–Trinajstić information content (AvgIpc) is 2.67. The highest BCUT2D eigenvalue weighted by atomic mass is 32.1. The molecule has 0 fully saturated rings. The monoisotopic (exact) mass is 243 g/mol. The van der Waals surface area contributed by atoms with Gasteiger partial charge in [-0.2, -0.15) is 4.57 Å². The maximum Gasteiger partial charge on any atom is 0.231 e. The van der Waals surface area contributed by atoms with Crippen molar-refractivity contribution in [3.8, 4) is 0 Å². The molecule has 0 bridgehead atoms. The summed E-state index contributed by atoms with van der Waals surface area (Å²) in [4.78, 5) is 2.14. The summed E-state index contributed by atoms with van der Waals surface area (Å²) >= 11 is 1.86. The minimum atomic E-state index is 1.25. The fourth-order valence-electron chi connectivity index (χ4n) is 2.18. The lowest BCUT2D eigenvalue weighted by molar-refractivity contribution is -0.644. The number of anilines is 1. The second kappa shape index (κ2) is 3.70. The molecule has 2 nitrogen and oxygen atoms in total. The molecular formula is C14H15N2S+. The first-order valence-electron chi connectivity index (χ1n) is 5.65. The van der Waals surface area contributed by atoms with Gasteiger partial charge in [-0.25, -0.2) is 0 Å². The standard InChI is InChI=1S/C14H15N2S/c1-15(2)10-6-7-12-11(9-10)14-13(17-12)5-4-8-16(14)3/h4-9H,1-3H3/q+1. The lowest BCUT2D eigenvalue weighted by Crippen LogP contribution is -2.27. The number of hydrogen-bond donors (Lipinski definition) is 0. The fraction of sp³-hybridized carbons (Fsp3) is 0.214. The number of pyridine rings is 1. The van der Waals surface area contributed by atoms with Crippen LogP contribution < -0.4 is 9.47 Å². The minimum absolute atomic E-state index is 1.25. The van der Waals surface area contributed by atoms with Crippen LogP contribution in [0.2, 0.25) is 0 Å². The molecule has 3 aromatic rings. The lowest BCUT2D eigenvalue weighted by atomic mass is 10.2. The van der Waals surface area contributed by atoms with Gasteiger partial charge in [0.1, 0.15) is 11.7 Å². The number of aromatic nitrogens is 1. The zero-order valence-corrected chi connectivity index (χ0v) is 11.1. The zero-order valence-electron chi connectivity index (χ0n) is 10.3. The molecule has 0 aliphatic heterocycles. The zero-order chi connectivity index (χ0) is 12.0. The van der Waals surface area contributed by atoms with Crippen LogP contribution in [-0.4, -0.2) is 14.1 Å². The molecule has 0 atom stereocenters. The highest BCUT2D eigenvalue weighted by molar-refractivity contribution is 7.25. The van der Waals surface area contributed by atoms with Crippen molar-refractivity contribution in [2.45, 2.75) is 0 Å². The van der Waals surface area contributed by atoms with E-state index in [0.29, 0.717) is 0 Å². The van der Waals surface area contributed by atoms with Crippen LogP contribution in [0.3, 0.4) is 0 Å². The summed E-state index contributed by atoms with van der Waals surface area (Å²) in [6.07, 6.45) is 2.11. The predicted molar refractivity (Wildman–Crippen MR) is 74.8 cm³/mol. The molecule has 3 rings (SSSR count). The Morgan fingerprint density at radius 3 is 2.71 bits per heavy atom. The van der Waals surface area contributed by atoms with Crippen molar-refractivity contribution >= 4 is 37.3 Å². The van der Waals surface area contributed by atoms with E-state index in [1.54, 1.807) is 0 Å². The number of benzene rings is 1. The van der Waals surface area contributed by atoms with E-state index in [1.807, 2.05) is 11.3 Å². The van der Waals surface area contributed by atoms with Gasteiger partial charge in [0, 0.05) is 30.5 Å². The Bertz CT molecular complexity index is 698. The molecule has 0 unspecified atom stereocenters. The summed E-state index contributed by atoms with van der Waals surface area (Å²) in [6.45, 7) is 0. The largest absolute Gasteiger partial charge is 0.378 e. The number of rotatable bonds is 1. The van der Waals surface area contributed by atoms with Crippen LogP contribution in [0.4, 0.5) is 5.69 Å². The maximum atomic E-state index is 2.27. The van der Waals surface area contributed by atoms with Crippen molar-refractivity contribution in [3.63, 3.8) is 0 Å². The molecule has 0 radical (unpaired) electrons. The molecule has 2 aromatic heterocycles. The quantitative estimate of drug-likeness (QED) is 0.596. The van der Waals surface area contributed by atoms with Gasteiger partial charge in [0.2, 0.25) is 5.52 Å². The second-order valence-electron chi connectivity index (χ2n) is 4.51. The molecule has 0 saturated heterocycles. The molecule has 0 saturated carbocycles. The van der Waals surface area contributed by atoms with E-state index in [2.05, 4.69) is 67.1 Å². The SMILES string of the molecule is CN(C)c1ccc2sc3ccc[n+](C)c3c2c1. The molecule has 17 heavy (non-hydrogen) atoms. The first-order chi connectivity index (χ1) is 8.16. The van der Waals surface area contributed by atoms with E-state index < -0.39 is 0 Å². The summed E-state index contributed by atoms with van der Waals surface area (Å²) in [7, 11) is 6.27. The van der Waals surface area contributed by atoms with E-state index in [1.165, 1.54) is 26.0 Å².